The summed E-state index contributed by atoms with van der Waals surface area (Å²) in [5.41, 5.74) is 0.314. The van der Waals surface area contributed by atoms with Crippen molar-refractivity contribution in [1.29, 1.82) is 0 Å². The van der Waals surface area contributed by atoms with E-state index in [0.29, 0.717) is 5.56 Å². The van der Waals surface area contributed by atoms with Gasteiger partial charge in [-0.25, -0.2) is 4.79 Å². The molecule has 0 aliphatic heterocycles. The lowest BCUT2D eigenvalue weighted by Crippen LogP contribution is -2.15. The molecule has 0 saturated heterocycles. The lowest BCUT2D eigenvalue weighted by molar-refractivity contribution is -0.129. The number of aliphatic carboxylic acids is 1. The number of rotatable bonds is 3. The average Bonchev–Trinajstić information content (AvgIpc) is 2.16. The first-order valence-electron chi connectivity index (χ1n) is 3.85. The van der Waals surface area contributed by atoms with E-state index in [-0.39, 0.29) is 17.9 Å². The van der Waals surface area contributed by atoms with Crippen LogP contribution in [0.4, 0.5) is 0 Å². The van der Waals surface area contributed by atoms with E-state index in [1.807, 2.05) is 0 Å². The van der Waals surface area contributed by atoms with Crippen LogP contribution in [0.2, 0.25) is 0 Å². The number of benzene rings is 1. The molecule has 5 nitrogen and oxygen atoms in total. The maximum atomic E-state index is 10.5. The van der Waals surface area contributed by atoms with Crippen molar-refractivity contribution in [3.63, 3.8) is 0 Å². The second kappa shape index (κ2) is 4.27. The Labute approximate surface area is 79.9 Å². The zero-order valence-electron chi connectivity index (χ0n) is 7.21. The Bertz CT molecular complexity index is 356. The molecule has 74 valence electrons. The Morgan fingerprint density at radius 2 is 1.86 bits per heavy atom. The summed E-state index contributed by atoms with van der Waals surface area (Å²) >= 11 is 0. The van der Waals surface area contributed by atoms with Crippen molar-refractivity contribution in [2.24, 2.45) is 5.16 Å². The van der Waals surface area contributed by atoms with Gasteiger partial charge in [-0.2, -0.15) is 0 Å². The summed E-state index contributed by atoms with van der Waals surface area (Å²) in [5, 5.41) is 28.5. The molecule has 0 amide bonds. The van der Waals surface area contributed by atoms with Gasteiger partial charge in [0.05, 0.1) is 0 Å². The predicted octanol–water partition coefficient (Wildman–Crippen LogP) is 0.849. The first-order chi connectivity index (χ1) is 6.63. The van der Waals surface area contributed by atoms with Gasteiger partial charge in [-0.05, 0) is 17.7 Å². The largest absolute Gasteiger partial charge is 0.508 e. The molecular weight excluding hydrogens is 186 g/mol. The van der Waals surface area contributed by atoms with Gasteiger partial charge in [0.25, 0.3) is 0 Å². The normalized spacial score (nSPS) is 11.3. The average molecular weight is 195 g/mol. The minimum atomic E-state index is -1.26. The summed E-state index contributed by atoms with van der Waals surface area (Å²) in [5.74, 6) is -1.16. The SMILES string of the molecule is O=C(O)C(Cc1ccc(O)cc1)=NO. The van der Waals surface area contributed by atoms with E-state index < -0.39 is 5.97 Å². The number of carbonyl (C=O) groups is 1. The van der Waals surface area contributed by atoms with Gasteiger partial charge in [-0.1, -0.05) is 17.3 Å². The Morgan fingerprint density at radius 1 is 1.29 bits per heavy atom. The van der Waals surface area contributed by atoms with Crippen molar-refractivity contribution < 1.29 is 20.2 Å². The van der Waals surface area contributed by atoms with Crippen LogP contribution in [0.5, 0.6) is 5.75 Å². The number of oxime groups is 1. The van der Waals surface area contributed by atoms with E-state index in [1.165, 1.54) is 12.1 Å². The molecule has 0 spiro atoms. The second-order valence-electron chi connectivity index (χ2n) is 2.70. The molecule has 0 atom stereocenters. The summed E-state index contributed by atoms with van der Waals surface area (Å²) < 4.78 is 0. The van der Waals surface area contributed by atoms with Crippen LogP contribution < -0.4 is 0 Å². The molecule has 1 rings (SSSR count). The standard InChI is InChI=1S/C9H9NO4/c11-7-3-1-6(2-4-7)5-8(10-14)9(12)13/h1-4,11,14H,5H2,(H,12,13). The zero-order valence-corrected chi connectivity index (χ0v) is 7.21. The fourth-order valence-electron chi connectivity index (χ4n) is 0.961. The molecule has 0 fully saturated rings. The molecule has 1 aromatic rings. The second-order valence-corrected chi connectivity index (χ2v) is 2.70. The minimum Gasteiger partial charge on any atom is -0.508 e. The van der Waals surface area contributed by atoms with Gasteiger partial charge in [0.1, 0.15) is 5.75 Å². The number of phenolic OH excluding ortho intramolecular Hbond substituents is 1. The molecule has 0 saturated carbocycles. The number of nitrogens with zero attached hydrogens (tertiary/aromatic N) is 1. The van der Waals surface area contributed by atoms with Gasteiger partial charge in [0, 0.05) is 6.42 Å². The molecule has 5 heteroatoms. The third kappa shape index (κ3) is 2.48. The summed E-state index contributed by atoms with van der Waals surface area (Å²) in [6, 6.07) is 5.99. The predicted molar refractivity (Wildman–Crippen MR) is 48.7 cm³/mol. The van der Waals surface area contributed by atoms with Gasteiger partial charge in [-0.15, -0.1) is 0 Å². The fourth-order valence-corrected chi connectivity index (χ4v) is 0.961. The maximum Gasteiger partial charge on any atom is 0.354 e. The van der Waals surface area contributed by atoms with Crippen LogP contribution in [0.25, 0.3) is 0 Å². The van der Waals surface area contributed by atoms with Crippen molar-refractivity contribution in [3.8, 4) is 5.75 Å². The van der Waals surface area contributed by atoms with Crippen LogP contribution >= 0.6 is 0 Å². The van der Waals surface area contributed by atoms with Crippen molar-refractivity contribution >= 4 is 11.7 Å². The molecule has 0 bridgehead atoms. The number of hydrogen-bond donors (Lipinski definition) is 3. The molecule has 0 heterocycles. The van der Waals surface area contributed by atoms with E-state index in [4.69, 9.17) is 15.4 Å². The van der Waals surface area contributed by atoms with Gasteiger partial charge < -0.3 is 15.4 Å². The molecular formula is C9H9NO4. The minimum absolute atomic E-state index is 0.0200. The molecule has 14 heavy (non-hydrogen) atoms. The number of carboxylic acids is 1. The van der Waals surface area contributed by atoms with Crippen LogP contribution in [0.15, 0.2) is 29.4 Å². The number of hydrogen-bond acceptors (Lipinski definition) is 4. The summed E-state index contributed by atoms with van der Waals surface area (Å²) in [4.78, 5) is 10.5. The van der Waals surface area contributed by atoms with Crippen molar-refractivity contribution in [3.05, 3.63) is 29.8 Å². The van der Waals surface area contributed by atoms with Crippen molar-refractivity contribution in [1.82, 2.24) is 0 Å². The third-order valence-electron chi connectivity index (χ3n) is 1.68. The quantitative estimate of drug-likeness (QED) is 0.379. The smallest absolute Gasteiger partial charge is 0.354 e. The van der Waals surface area contributed by atoms with Gasteiger partial charge in [-0.3, -0.25) is 0 Å². The molecule has 1 aromatic carbocycles. The van der Waals surface area contributed by atoms with Gasteiger partial charge in [0.2, 0.25) is 0 Å². The fraction of sp³-hybridized carbons (Fsp3) is 0.111. The number of phenols is 1. The van der Waals surface area contributed by atoms with Crippen LogP contribution in [-0.4, -0.2) is 27.1 Å². The Hall–Kier alpha value is -2.04. The van der Waals surface area contributed by atoms with Crippen LogP contribution in [0.3, 0.4) is 0 Å². The van der Waals surface area contributed by atoms with E-state index in [2.05, 4.69) is 5.16 Å². The van der Waals surface area contributed by atoms with E-state index in [9.17, 15) is 4.79 Å². The Balaban J connectivity index is 2.78. The lowest BCUT2D eigenvalue weighted by atomic mass is 10.1. The highest BCUT2D eigenvalue weighted by atomic mass is 16.4. The Kier molecular flexibility index (Phi) is 3.06. The summed E-state index contributed by atoms with van der Waals surface area (Å²) in [6.07, 6.45) is 0.0200. The van der Waals surface area contributed by atoms with Crippen molar-refractivity contribution in [2.75, 3.05) is 0 Å². The van der Waals surface area contributed by atoms with E-state index in [0.717, 1.165) is 0 Å². The molecule has 0 aliphatic carbocycles. The molecule has 0 aromatic heterocycles. The highest BCUT2D eigenvalue weighted by Gasteiger charge is 2.10. The summed E-state index contributed by atoms with van der Waals surface area (Å²) in [7, 11) is 0. The van der Waals surface area contributed by atoms with Crippen LogP contribution in [0, 0.1) is 0 Å². The van der Waals surface area contributed by atoms with Gasteiger partial charge >= 0.3 is 5.97 Å². The van der Waals surface area contributed by atoms with Crippen LogP contribution in [0.1, 0.15) is 5.56 Å². The molecule has 0 aliphatic rings. The monoisotopic (exact) mass is 195 g/mol. The zero-order chi connectivity index (χ0) is 10.6. The van der Waals surface area contributed by atoms with Gasteiger partial charge in [0.15, 0.2) is 5.71 Å². The first-order valence-corrected chi connectivity index (χ1v) is 3.85. The van der Waals surface area contributed by atoms with E-state index >= 15 is 0 Å². The first kappa shape index (κ1) is 10.0. The Morgan fingerprint density at radius 3 is 2.29 bits per heavy atom. The maximum absolute atomic E-state index is 10.5. The van der Waals surface area contributed by atoms with Crippen molar-refractivity contribution in [2.45, 2.75) is 6.42 Å². The lowest BCUT2D eigenvalue weighted by Gasteiger charge is -1.99. The highest BCUT2D eigenvalue weighted by Crippen LogP contribution is 2.10. The molecule has 0 radical (unpaired) electrons. The number of aromatic hydroxyl groups is 1. The number of carboxylic acid groups (broad SMARTS) is 1. The van der Waals surface area contributed by atoms with E-state index in [1.54, 1.807) is 12.1 Å². The summed E-state index contributed by atoms with van der Waals surface area (Å²) in [6.45, 7) is 0. The molecule has 0 unspecified atom stereocenters. The molecule has 3 N–H and O–H groups in total. The topological polar surface area (TPSA) is 90.1 Å². The van der Waals surface area contributed by atoms with Crippen LogP contribution in [-0.2, 0) is 11.2 Å². The highest BCUT2D eigenvalue weighted by molar-refractivity contribution is 6.35. The third-order valence-corrected chi connectivity index (χ3v) is 1.68.